The van der Waals surface area contributed by atoms with E-state index in [9.17, 15) is 39.9 Å². The highest BCUT2D eigenvalue weighted by Crippen LogP contribution is 2.51. The Hall–Kier alpha value is -1.86. The molecule has 0 unspecified atom stereocenters. The first kappa shape index (κ1) is 28.2. The Morgan fingerprint density at radius 1 is 0.946 bits per heavy atom. The molecular weight excluding hydrogens is 546 g/mol. The summed E-state index contributed by atoms with van der Waals surface area (Å²) in [5, 5.41) is 9.31. The molecule has 2 aliphatic heterocycles. The van der Waals surface area contributed by atoms with Crippen molar-refractivity contribution < 1.29 is 39.9 Å². The minimum absolute atomic E-state index is 0.0133. The van der Waals surface area contributed by atoms with Gasteiger partial charge in [-0.1, -0.05) is 48.9 Å². The molecule has 4 rings (SSSR count). The lowest BCUT2D eigenvalue weighted by Crippen LogP contribution is -2.72. The monoisotopic (exact) mass is 570 g/mol. The molecule has 2 aromatic rings. The second kappa shape index (κ2) is 9.11. The fourth-order valence-electron chi connectivity index (χ4n) is 5.16. The smallest absolute Gasteiger partial charge is 0.369 e. The van der Waals surface area contributed by atoms with Crippen molar-refractivity contribution in [2.45, 2.75) is 37.8 Å². The van der Waals surface area contributed by atoms with Gasteiger partial charge in [-0.3, -0.25) is 4.90 Å². The van der Waals surface area contributed by atoms with Crippen LogP contribution in [0.3, 0.4) is 0 Å². The summed E-state index contributed by atoms with van der Waals surface area (Å²) >= 11 is 6.15. The molecule has 2 heterocycles. The zero-order valence-electron chi connectivity index (χ0n) is 19.9. The maximum atomic E-state index is 13.2. The first-order valence-corrected chi connectivity index (χ1v) is 13.6. The van der Waals surface area contributed by atoms with Gasteiger partial charge < -0.3 is 5.11 Å². The summed E-state index contributed by atoms with van der Waals surface area (Å²) in [6.45, 7) is 5.02. The fourth-order valence-corrected chi connectivity index (χ4v) is 6.46. The SMILES string of the molecule is CCc1cc(CN2CC3(C2)CN(S(C)(=O)=O)C3)ccc1-c1ccc(C(O)(C(F)(F)F)C(F)(F)F)cc1Cl. The molecule has 2 aliphatic rings. The van der Waals surface area contributed by atoms with Crippen LogP contribution in [0.25, 0.3) is 11.1 Å². The largest absolute Gasteiger partial charge is 0.430 e. The predicted octanol–water partition coefficient (Wildman–Crippen LogP) is 4.96. The number of likely N-dealkylation sites (tertiary alicyclic amines) is 1. The third kappa shape index (κ3) is 4.98. The zero-order chi connectivity index (χ0) is 27.6. The van der Waals surface area contributed by atoms with Crippen LogP contribution in [0.15, 0.2) is 36.4 Å². The molecule has 1 N–H and O–H groups in total. The van der Waals surface area contributed by atoms with E-state index in [2.05, 4.69) is 4.90 Å². The molecule has 0 saturated carbocycles. The Morgan fingerprint density at radius 2 is 1.51 bits per heavy atom. The molecule has 0 bridgehead atoms. The Kier molecular flexibility index (Phi) is 6.94. The lowest BCUT2D eigenvalue weighted by molar-refractivity contribution is -0.376. The van der Waals surface area contributed by atoms with Crippen molar-refractivity contribution in [2.24, 2.45) is 5.41 Å². The molecule has 2 fully saturated rings. The second-order valence-corrected chi connectivity index (χ2v) is 12.3. The number of aryl methyl sites for hydroxylation is 1. The van der Waals surface area contributed by atoms with Gasteiger partial charge in [0.05, 0.1) is 6.26 Å². The molecule has 0 amide bonds. The summed E-state index contributed by atoms with van der Waals surface area (Å²) in [6, 6.07) is 7.60. The molecule has 2 aromatic carbocycles. The molecule has 0 aromatic heterocycles. The van der Waals surface area contributed by atoms with Crippen LogP contribution in [-0.2, 0) is 28.6 Å². The summed E-state index contributed by atoms with van der Waals surface area (Å²) in [6.07, 6.45) is -10.3. The van der Waals surface area contributed by atoms with E-state index in [-0.39, 0.29) is 16.0 Å². The van der Waals surface area contributed by atoms with Gasteiger partial charge in [-0.25, -0.2) is 12.7 Å². The minimum atomic E-state index is -6.00. The van der Waals surface area contributed by atoms with Gasteiger partial charge in [-0.2, -0.15) is 26.3 Å². The van der Waals surface area contributed by atoms with Crippen molar-refractivity contribution in [2.75, 3.05) is 32.4 Å². The average Bonchev–Trinajstić information content (AvgIpc) is 2.71. The van der Waals surface area contributed by atoms with Gasteiger partial charge in [-0.05, 0) is 29.2 Å². The van der Waals surface area contributed by atoms with Crippen LogP contribution in [0, 0.1) is 5.41 Å². The third-order valence-corrected chi connectivity index (χ3v) is 8.57. The summed E-state index contributed by atoms with van der Waals surface area (Å²) in [7, 11) is -3.18. The van der Waals surface area contributed by atoms with E-state index < -0.39 is 33.5 Å². The van der Waals surface area contributed by atoms with Gasteiger partial charge >= 0.3 is 12.4 Å². The number of sulfonamides is 1. The number of alkyl halides is 6. The molecule has 0 aliphatic carbocycles. The predicted molar refractivity (Wildman–Crippen MR) is 126 cm³/mol. The number of nitrogens with zero attached hydrogens (tertiary/aromatic N) is 2. The number of hydrogen-bond donors (Lipinski definition) is 1. The molecule has 13 heteroatoms. The number of hydrogen-bond acceptors (Lipinski definition) is 4. The van der Waals surface area contributed by atoms with Gasteiger partial charge in [-0.15, -0.1) is 0 Å². The number of rotatable bonds is 6. The van der Waals surface area contributed by atoms with Crippen LogP contribution in [-0.4, -0.2) is 67.5 Å². The van der Waals surface area contributed by atoms with E-state index in [1.165, 1.54) is 10.6 Å². The van der Waals surface area contributed by atoms with Gasteiger partial charge in [0.25, 0.3) is 5.60 Å². The van der Waals surface area contributed by atoms with Crippen molar-refractivity contribution in [1.82, 2.24) is 9.21 Å². The first-order valence-electron chi connectivity index (χ1n) is 11.4. The number of benzene rings is 2. The maximum absolute atomic E-state index is 13.2. The van der Waals surface area contributed by atoms with Crippen molar-refractivity contribution in [3.8, 4) is 11.1 Å². The van der Waals surface area contributed by atoms with E-state index in [4.69, 9.17) is 11.6 Å². The van der Waals surface area contributed by atoms with E-state index in [0.29, 0.717) is 43.8 Å². The Morgan fingerprint density at radius 3 is 2.00 bits per heavy atom. The molecule has 0 atom stereocenters. The van der Waals surface area contributed by atoms with Crippen LogP contribution in [0.4, 0.5) is 26.3 Å². The molecule has 2 saturated heterocycles. The molecule has 204 valence electrons. The van der Waals surface area contributed by atoms with Crippen molar-refractivity contribution in [1.29, 1.82) is 0 Å². The van der Waals surface area contributed by atoms with Gasteiger partial charge in [0.15, 0.2) is 0 Å². The van der Waals surface area contributed by atoms with Crippen LogP contribution in [0.1, 0.15) is 23.6 Å². The van der Waals surface area contributed by atoms with Crippen molar-refractivity contribution >= 4 is 21.6 Å². The van der Waals surface area contributed by atoms with Gasteiger partial charge in [0.2, 0.25) is 10.0 Å². The minimum Gasteiger partial charge on any atom is -0.369 e. The lowest BCUT2D eigenvalue weighted by atomic mass is 9.74. The topological polar surface area (TPSA) is 60.9 Å². The molecular formula is C24H25ClF6N2O3S. The third-order valence-electron chi connectivity index (χ3n) is 7.06. The van der Waals surface area contributed by atoms with Crippen LogP contribution in [0.2, 0.25) is 5.02 Å². The fraction of sp³-hybridized carbons (Fsp3) is 0.500. The maximum Gasteiger partial charge on any atom is 0.430 e. The summed E-state index contributed by atoms with van der Waals surface area (Å²) < 4.78 is 104. The summed E-state index contributed by atoms with van der Waals surface area (Å²) in [5.41, 5.74) is -3.89. The van der Waals surface area contributed by atoms with Gasteiger partial charge in [0, 0.05) is 54.3 Å². The van der Waals surface area contributed by atoms with E-state index in [1.807, 2.05) is 19.1 Å². The zero-order valence-corrected chi connectivity index (χ0v) is 21.5. The molecule has 1 spiro atoms. The lowest BCUT2D eigenvalue weighted by Gasteiger charge is -2.59. The van der Waals surface area contributed by atoms with Gasteiger partial charge in [0.1, 0.15) is 0 Å². The van der Waals surface area contributed by atoms with Crippen LogP contribution < -0.4 is 0 Å². The van der Waals surface area contributed by atoms with Crippen LogP contribution >= 0.6 is 11.6 Å². The van der Waals surface area contributed by atoms with Crippen LogP contribution in [0.5, 0.6) is 0 Å². The highest BCUT2D eigenvalue weighted by Gasteiger charge is 2.71. The molecule has 37 heavy (non-hydrogen) atoms. The molecule has 0 radical (unpaired) electrons. The number of aliphatic hydroxyl groups is 1. The standard InChI is InChI=1S/C24H25ClF6N2O3S/c1-3-16-8-15(10-32-11-21(12-32)13-33(14-21)37(2,35)36)4-6-18(16)19-7-5-17(9-20(19)25)22(34,23(26,27)28)24(29,30)31/h4-9,34H,3,10-14H2,1-2H3. The normalized spacial score (nSPS) is 19.1. The van der Waals surface area contributed by atoms with E-state index in [0.717, 1.165) is 30.3 Å². The van der Waals surface area contributed by atoms with E-state index in [1.54, 1.807) is 6.07 Å². The molecule has 5 nitrogen and oxygen atoms in total. The Labute approximate surface area is 215 Å². The highest BCUT2D eigenvalue weighted by atomic mass is 35.5. The van der Waals surface area contributed by atoms with Crippen molar-refractivity contribution in [3.05, 3.63) is 58.1 Å². The average molecular weight is 571 g/mol. The quantitative estimate of drug-likeness (QED) is 0.499. The highest BCUT2D eigenvalue weighted by molar-refractivity contribution is 7.88. The summed E-state index contributed by atoms with van der Waals surface area (Å²) in [5.74, 6) is 0. The van der Waals surface area contributed by atoms with E-state index >= 15 is 0 Å². The Balaban J connectivity index is 1.52. The van der Waals surface area contributed by atoms with Crippen molar-refractivity contribution in [3.63, 3.8) is 0 Å². The summed E-state index contributed by atoms with van der Waals surface area (Å²) in [4.78, 5) is 2.19. The first-order chi connectivity index (χ1) is 16.9. The number of halogens is 7. The Bertz CT molecular complexity index is 1280. The second-order valence-electron chi connectivity index (χ2n) is 9.92.